The van der Waals surface area contributed by atoms with Crippen molar-refractivity contribution in [2.24, 2.45) is 5.73 Å². The third-order valence-electron chi connectivity index (χ3n) is 3.00. The average molecular weight is 302 g/mol. The Labute approximate surface area is 128 Å². The Bertz CT molecular complexity index is 683. The van der Waals surface area contributed by atoms with Crippen LogP contribution in [0, 0.1) is 12.7 Å². The molecule has 0 saturated heterocycles. The predicted molar refractivity (Wildman–Crippen MR) is 85.8 cm³/mol. The van der Waals surface area contributed by atoms with Gasteiger partial charge < -0.3 is 11.1 Å². The first kappa shape index (κ1) is 15.1. The van der Waals surface area contributed by atoms with Gasteiger partial charge in [0.05, 0.1) is 12.1 Å². The highest BCUT2D eigenvalue weighted by Gasteiger charge is 2.08. The topological polar surface area (TPSA) is 55.1 Å². The van der Waals surface area contributed by atoms with E-state index in [1.807, 2.05) is 6.92 Å². The van der Waals surface area contributed by atoms with E-state index in [4.69, 9.17) is 18.0 Å². The summed E-state index contributed by atoms with van der Waals surface area (Å²) in [5.74, 6) is -0.722. The van der Waals surface area contributed by atoms with Gasteiger partial charge in [0, 0.05) is 5.56 Å². The van der Waals surface area contributed by atoms with Crippen LogP contribution < -0.4 is 11.1 Å². The van der Waals surface area contributed by atoms with Crippen molar-refractivity contribution < 1.29 is 9.18 Å². The fourth-order valence-corrected chi connectivity index (χ4v) is 2.04. The standard InChI is InChI=1S/C16H15FN2OS/c1-10-2-7-13(17)14(8-10)19-15(20)9-11-3-5-12(6-4-11)16(18)21/h2-8H,9H2,1H3,(H2,18,21)(H,19,20). The van der Waals surface area contributed by atoms with Crippen molar-refractivity contribution >= 4 is 28.8 Å². The van der Waals surface area contributed by atoms with Crippen molar-refractivity contribution in [2.45, 2.75) is 13.3 Å². The van der Waals surface area contributed by atoms with Gasteiger partial charge in [0.1, 0.15) is 10.8 Å². The first-order valence-electron chi connectivity index (χ1n) is 6.40. The molecule has 0 fully saturated rings. The summed E-state index contributed by atoms with van der Waals surface area (Å²) in [4.78, 5) is 12.2. The van der Waals surface area contributed by atoms with Crippen LogP contribution in [0.2, 0.25) is 0 Å². The Morgan fingerprint density at radius 2 is 1.90 bits per heavy atom. The minimum Gasteiger partial charge on any atom is -0.389 e. The molecule has 0 spiro atoms. The maximum Gasteiger partial charge on any atom is 0.228 e. The third kappa shape index (κ3) is 4.10. The SMILES string of the molecule is Cc1ccc(F)c(NC(=O)Cc2ccc(C(N)=S)cc2)c1. The summed E-state index contributed by atoms with van der Waals surface area (Å²) in [5, 5.41) is 2.57. The number of nitrogens with two attached hydrogens (primary N) is 1. The molecule has 0 atom stereocenters. The fraction of sp³-hybridized carbons (Fsp3) is 0.125. The minimum atomic E-state index is -0.447. The lowest BCUT2D eigenvalue weighted by Gasteiger charge is -2.08. The zero-order chi connectivity index (χ0) is 15.4. The van der Waals surface area contributed by atoms with E-state index >= 15 is 0 Å². The van der Waals surface area contributed by atoms with Crippen molar-refractivity contribution in [3.8, 4) is 0 Å². The van der Waals surface area contributed by atoms with Gasteiger partial charge in [0.15, 0.2) is 0 Å². The molecule has 108 valence electrons. The van der Waals surface area contributed by atoms with E-state index in [0.717, 1.165) is 16.7 Å². The van der Waals surface area contributed by atoms with Gasteiger partial charge in [-0.1, -0.05) is 42.5 Å². The number of anilines is 1. The first-order valence-corrected chi connectivity index (χ1v) is 6.81. The number of carbonyl (C=O) groups is 1. The highest BCUT2D eigenvalue weighted by Crippen LogP contribution is 2.16. The summed E-state index contributed by atoms with van der Waals surface area (Å²) in [6, 6.07) is 11.7. The van der Waals surface area contributed by atoms with Gasteiger partial charge in [-0.15, -0.1) is 0 Å². The van der Waals surface area contributed by atoms with Crippen LogP contribution in [-0.2, 0) is 11.2 Å². The summed E-state index contributed by atoms with van der Waals surface area (Å²) in [5.41, 5.74) is 8.14. The predicted octanol–water partition coefficient (Wildman–Crippen LogP) is 2.95. The molecular weight excluding hydrogens is 287 g/mol. The normalized spacial score (nSPS) is 10.2. The van der Waals surface area contributed by atoms with Crippen molar-refractivity contribution in [3.63, 3.8) is 0 Å². The van der Waals surface area contributed by atoms with Crippen LogP contribution in [0.5, 0.6) is 0 Å². The van der Waals surface area contributed by atoms with Gasteiger partial charge >= 0.3 is 0 Å². The Morgan fingerprint density at radius 3 is 2.52 bits per heavy atom. The lowest BCUT2D eigenvalue weighted by molar-refractivity contribution is -0.115. The number of benzene rings is 2. The molecular formula is C16H15FN2OS. The molecule has 0 aliphatic heterocycles. The number of amides is 1. The van der Waals surface area contributed by atoms with Crippen LogP contribution in [0.1, 0.15) is 16.7 Å². The molecule has 21 heavy (non-hydrogen) atoms. The number of aryl methyl sites for hydroxylation is 1. The lowest BCUT2D eigenvalue weighted by Crippen LogP contribution is -2.16. The minimum absolute atomic E-state index is 0.158. The van der Waals surface area contributed by atoms with E-state index in [9.17, 15) is 9.18 Å². The van der Waals surface area contributed by atoms with E-state index < -0.39 is 5.82 Å². The van der Waals surface area contributed by atoms with E-state index in [1.54, 1.807) is 36.4 Å². The van der Waals surface area contributed by atoms with Crippen LogP contribution in [0.3, 0.4) is 0 Å². The number of thiocarbonyl (C=S) groups is 1. The van der Waals surface area contributed by atoms with E-state index in [-0.39, 0.29) is 18.0 Å². The zero-order valence-corrected chi connectivity index (χ0v) is 12.3. The van der Waals surface area contributed by atoms with Gasteiger partial charge in [-0.05, 0) is 30.2 Å². The van der Waals surface area contributed by atoms with Crippen molar-refractivity contribution in [3.05, 3.63) is 65.0 Å². The second kappa shape index (κ2) is 6.45. The smallest absolute Gasteiger partial charge is 0.228 e. The molecule has 0 unspecified atom stereocenters. The van der Waals surface area contributed by atoms with Gasteiger partial charge in [-0.2, -0.15) is 0 Å². The Balaban J connectivity index is 2.04. The van der Waals surface area contributed by atoms with Crippen LogP contribution >= 0.6 is 12.2 Å². The Morgan fingerprint density at radius 1 is 1.24 bits per heavy atom. The number of rotatable bonds is 4. The zero-order valence-electron chi connectivity index (χ0n) is 11.5. The third-order valence-corrected chi connectivity index (χ3v) is 3.23. The highest BCUT2D eigenvalue weighted by atomic mass is 32.1. The number of hydrogen-bond acceptors (Lipinski definition) is 2. The molecule has 3 N–H and O–H groups in total. The van der Waals surface area contributed by atoms with Crippen molar-refractivity contribution in [2.75, 3.05) is 5.32 Å². The van der Waals surface area contributed by atoms with E-state index in [0.29, 0.717) is 4.99 Å². The number of carbonyl (C=O) groups excluding carboxylic acids is 1. The van der Waals surface area contributed by atoms with Gasteiger partial charge in [-0.25, -0.2) is 4.39 Å². The highest BCUT2D eigenvalue weighted by molar-refractivity contribution is 7.80. The first-order chi connectivity index (χ1) is 9.95. The van der Waals surface area contributed by atoms with Crippen LogP contribution in [0.4, 0.5) is 10.1 Å². The second-order valence-electron chi connectivity index (χ2n) is 4.77. The molecule has 0 aromatic heterocycles. The second-order valence-corrected chi connectivity index (χ2v) is 5.21. The van der Waals surface area contributed by atoms with Gasteiger partial charge in [-0.3, -0.25) is 4.79 Å². The largest absolute Gasteiger partial charge is 0.389 e. The molecule has 0 bridgehead atoms. The molecule has 0 aliphatic rings. The number of nitrogens with one attached hydrogen (secondary N) is 1. The van der Waals surface area contributed by atoms with E-state index in [2.05, 4.69) is 5.32 Å². The van der Waals surface area contributed by atoms with Gasteiger partial charge in [0.25, 0.3) is 0 Å². The quantitative estimate of drug-likeness (QED) is 0.854. The molecule has 5 heteroatoms. The summed E-state index contributed by atoms with van der Waals surface area (Å²) in [6.07, 6.45) is 0.158. The number of halogens is 1. The fourth-order valence-electron chi connectivity index (χ4n) is 1.90. The van der Waals surface area contributed by atoms with Crippen molar-refractivity contribution in [1.82, 2.24) is 0 Å². The maximum absolute atomic E-state index is 13.6. The molecule has 0 aliphatic carbocycles. The van der Waals surface area contributed by atoms with E-state index in [1.165, 1.54) is 6.07 Å². The lowest BCUT2D eigenvalue weighted by atomic mass is 10.1. The monoisotopic (exact) mass is 302 g/mol. The van der Waals surface area contributed by atoms with Crippen molar-refractivity contribution in [1.29, 1.82) is 0 Å². The molecule has 0 saturated carbocycles. The van der Waals surface area contributed by atoms with Crippen LogP contribution in [0.15, 0.2) is 42.5 Å². The molecule has 0 heterocycles. The van der Waals surface area contributed by atoms with Crippen LogP contribution in [0.25, 0.3) is 0 Å². The Hall–Kier alpha value is -2.27. The molecule has 1 amide bonds. The number of hydrogen-bond donors (Lipinski definition) is 2. The molecule has 3 nitrogen and oxygen atoms in total. The molecule has 2 aromatic carbocycles. The Kier molecular flexibility index (Phi) is 4.65. The maximum atomic E-state index is 13.6. The van der Waals surface area contributed by atoms with Gasteiger partial charge in [0.2, 0.25) is 5.91 Å². The summed E-state index contributed by atoms with van der Waals surface area (Å²) < 4.78 is 13.6. The summed E-state index contributed by atoms with van der Waals surface area (Å²) in [7, 11) is 0. The average Bonchev–Trinajstić information content (AvgIpc) is 2.43. The summed E-state index contributed by atoms with van der Waals surface area (Å²) >= 11 is 4.86. The molecule has 0 radical (unpaired) electrons. The molecule has 2 aromatic rings. The van der Waals surface area contributed by atoms with Crippen LogP contribution in [-0.4, -0.2) is 10.9 Å². The molecule has 2 rings (SSSR count). The summed E-state index contributed by atoms with van der Waals surface area (Å²) in [6.45, 7) is 1.84.